The van der Waals surface area contributed by atoms with Gasteiger partial charge in [-0.25, -0.2) is 9.59 Å². The molecule has 1 fully saturated rings. The normalized spacial score (nSPS) is 15.5. The number of nitrogens with one attached hydrogen (secondary N) is 2. The molecule has 1 aromatic carbocycles. The maximum Gasteiger partial charge on any atom is 0.345 e. The molecule has 0 bridgehead atoms. The summed E-state index contributed by atoms with van der Waals surface area (Å²) in [6.45, 7) is 1.26. The van der Waals surface area contributed by atoms with Gasteiger partial charge in [-0.2, -0.15) is 0 Å². The SMILES string of the molecule is C[C@H](OC(=O)c1cc(Cl)ccc1[N+](=O)[O-])C(=O)NC(=O)NC1CCCCC1. The summed E-state index contributed by atoms with van der Waals surface area (Å²) in [4.78, 5) is 46.4. The third kappa shape index (κ3) is 5.92. The maximum absolute atomic E-state index is 12.2. The van der Waals surface area contributed by atoms with E-state index in [1.807, 2.05) is 0 Å². The Kier molecular flexibility index (Phi) is 7.12. The number of carbonyl (C=O) groups is 3. The highest BCUT2D eigenvalue weighted by atomic mass is 35.5. The quantitative estimate of drug-likeness (QED) is 0.446. The van der Waals surface area contributed by atoms with Gasteiger partial charge in [0.2, 0.25) is 0 Å². The lowest BCUT2D eigenvalue weighted by Gasteiger charge is -2.23. The van der Waals surface area contributed by atoms with Crippen LogP contribution in [-0.4, -0.2) is 35.0 Å². The van der Waals surface area contributed by atoms with Gasteiger partial charge in [-0.05, 0) is 31.9 Å². The first-order valence-electron chi connectivity index (χ1n) is 8.54. The molecular formula is C17H20ClN3O6. The van der Waals surface area contributed by atoms with E-state index in [0.717, 1.165) is 44.2 Å². The first kappa shape index (κ1) is 20.6. The summed E-state index contributed by atoms with van der Waals surface area (Å²) in [6.07, 6.45) is 3.54. The van der Waals surface area contributed by atoms with Gasteiger partial charge in [-0.1, -0.05) is 30.9 Å². The molecule has 0 unspecified atom stereocenters. The molecule has 27 heavy (non-hydrogen) atoms. The lowest BCUT2D eigenvalue weighted by molar-refractivity contribution is -0.385. The first-order chi connectivity index (χ1) is 12.8. The summed E-state index contributed by atoms with van der Waals surface area (Å²) in [7, 11) is 0. The molecule has 0 heterocycles. The largest absolute Gasteiger partial charge is 0.449 e. The van der Waals surface area contributed by atoms with Gasteiger partial charge in [0.05, 0.1) is 4.92 Å². The molecule has 2 rings (SSSR count). The van der Waals surface area contributed by atoms with Crippen molar-refractivity contribution in [1.82, 2.24) is 10.6 Å². The third-order valence-electron chi connectivity index (χ3n) is 4.21. The molecule has 3 amide bonds. The summed E-state index contributed by atoms with van der Waals surface area (Å²) in [5.74, 6) is -1.92. The molecule has 9 nitrogen and oxygen atoms in total. The van der Waals surface area contributed by atoms with Gasteiger partial charge in [0, 0.05) is 17.1 Å². The zero-order valence-electron chi connectivity index (χ0n) is 14.7. The molecule has 0 saturated heterocycles. The van der Waals surface area contributed by atoms with Gasteiger partial charge >= 0.3 is 12.0 Å². The Labute approximate surface area is 160 Å². The van der Waals surface area contributed by atoms with Crippen LogP contribution in [-0.2, 0) is 9.53 Å². The highest BCUT2D eigenvalue weighted by Gasteiger charge is 2.27. The number of rotatable bonds is 5. The molecule has 1 atom stereocenters. The van der Waals surface area contributed by atoms with E-state index in [0.29, 0.717) is 0 Å². The molecular weight excluding hydrogens is 378 g/mol. The Hall–Kier alpha value is -2.68. The van der Waals surface area contributed by atoms with Crippen molar-refractivity contribution < 1.29 is 24.0 Å². The minimum atomic E-state index is -1.33. The molecule has 1 saturated carbocycles. The Bertz CT molecular complexity index is 748. The van der Waals surface area contributed by atoms with E-state index < -0.39 is 34.6 Å². The minimum Gasteiger partial charge on any atom is -0.449 e. The second kappa shape index (κ2) is 9.31. The topological polar surface area (TPSA) is 128 Å². The fourth-order valence-electron chi connectivity index (χ4n) is 2.79. The van der Waals surface area contributed by atoms with Crippen LogP contribution in [0, 0.1) is 10.1 Å². The van der Waals surface area contributed by atoms with Gasteiger partial charge in [0.1, 0.15) is 5.56 Å². The highest BCUT2D eigenvalue weighted by molar-refractivity contribution is 6.31. The molecule has 1 aromatic rings. The third-order valence-corrected chi connectivity index (χ3v) is 4.44. The predicted octanol–water partition coefficient (Wildman–Crippen LogP) is 2.95. The Morgan fingerprint density at radius 1 is 1.26 bits per heavy atom. The number of carbonyl (C=O) groups excluding carboxylic acids is 3. The molecule has 0 aromatic heterocycles. The number of nitro benzene ring substituents is 1. The number of urea groups is 1. The monoisotopic (exact) mass is 397 g/mol. The van der Waals surface area contributed by atoms with Crippen LogP contribution in [0.3, 0.4) is 0 Å². The number of imide groups is 1. The highest BCUT2D eigenvalue weighted by Crippen LogP contribution is 2.24. The van der Waals surface area contributed by atoms with Crippen molar-refractivity contribution in [1.29, 1.82) is 0 Å². The smallest absolute Gasteiger partial charge is 0.345 e. The van der Waals surface area contributed by atoms with Crippen molar-refractivity contribution in [3.63, 3.8) is 0 Å². The number of amides is 3. The number of benzene rings is 1. The number of hydrogen-bond acceptors (Lipinski definition) is 6. The van der Waals surface area contributed by atoms with Crippen molar-refractivity contribution in [2.75, 3.05) is 0 Å². The number of ether oxygens (including phenoxy) is 1. The van der Waals surface area contributed by atoms with Crippen LogP contribution in [0.2, 0.25) is 5.02 Å². The van der Waals surface area contributed by atoms with Crippen molar-refractivity contribution in [2.45, 2.75) is 51.2 Å². The summed E-state index contributed by atoms with van der Waals surface area (Å²) in [5, 5.41) is 15.9. The Balaban J connectivity index is 1.93. The van der Waals surface area contributed by atoms with Crippen LogP contribution in [0.1, 0.15) is 49.4 Å². The van der Waals surface area contributed by atoms with E-state index in [1.165, 1.54) is 13.0 Å². The van der Waals surface area contributed by atoms with E-state index in [1.54, 1.807) is 0 Å². The molecule has 10 heteroatoms. The van der Waals surface area contributed by atoms with Gasteiger partial charge in [-0.3, -0.25) is 20.2 Å². The van der Waals surface area contributed by atoms with Gasteiger partial charge in [0.25, 0.3) is 11.6 Å². The van der Waals surface area contributed by atoms with Crippen LogP contribution < -0.4 is 10.6 Å². The van der Waals surface area contributed by atoms with Crippen LogP contribution >= 0.6 is 11.6 Å². The van der Waals surface area contributed by atoms with E-state index in [9.17, 15) is 24.5 Å². The molecule has 1 aliphatic carbocycles. The van der Waals surface area contributed by atoms with Crippen LogP contribution in [0.4, 0.5) is 10.5 Å². The van der Waals surface area contributed by atoms with Crippen molar-refractivity contribution in [3.8, 4) is 0 Å². The van der Waals surface area contributed by atoms with E-state index >= 15 is 0 Å². The number of esters is 1. The van der Waals surface area contributed by atoms with Crippen LogP contribution in [0.25, 0.3) is 0 Å². The molecule has 0 aliphatic heterocycles. The van der Waals surface area contributed by atoms with Gasteiger partial charge in [-0.15, -0.1) is 0 Å². The van der Waals surface area contributed by atoms with Crippen molar-refractivity contribution in [2.24, 2.45) is 0 Å². The Morgan fingerprint density at radius 3 is 2.56 bits per heavy atom. The summed E-state index contributed by atoms with van der Waals surface area (Å²) < 4.78 is 4.94. The van der Waals surface area contributed by atoms with E-state index in [4.69, 9.17) is 16.3 Å². The second-order valence-electron chi connectivity index (χ2n) is 6.26. The molecule has 1 aliphatic rings. The summed E-state index contributed by atoms with van der Waals surface area (Å²) in [5.41, 5.74) is -0.870. The van der Waals surface area contributed by atoms with Gasteiger partial charge in [0.15, 0.2) is 6.10 Å². The van der Waals surface area contributed by atoms with Crippen LogP contribution in [0.5, 0.6) is 0 Å². The second-order valence-corrected chi connectivity index (χ2v) is 6.70. The zero-order valence-corrected chi connectivity index (χ0v) is 15.5. The average molecular weight is 398 g/mol. The van der Waals surface area contributed by atoms with Gasteiger partial charge < -0.3 is 10.1 Å². The minimum absolute atomic E-state index is 0.0125. The fraction of sp³-hybridized carbons (Fsp3) is 0.471. The molecule has 146 valence electrons. The molecule has 0 radical (unpaired) electrons. The number of nitrogens with zero attached hydrogens (tertiary/aromatic N) is 1. The summed E-state index contributed by atoms with van der Waals surface area (Å²) in [6, 6.07) is 2.77. The van der Waals surface area contributed by atoms with E-state index in [-0.39, 0.29) is 16.6 Å². The summed E-state index contributed by atoms with van der Waals surface area (Å²) >= 11 is 5.76. The predicted molar refractivity (Wildman–Crippen MR) is 96.5 cm³/mol. The van der Waals surface area contributed by atoms with Crippen molar-refractivity contribution in [3.05, 3.63) is 38.9 Å². The Morgan fingerprint density at radius 2 is 1.93 bits per heavy atom. The molecule has 2 N–H and O–H groups in total. The maximum atomic E-state index is 12.2. The fourth-order valence-corrected chi connectivity index (χ4v) is 2.96. The lowest BCUT2D eigenvalue weighted by atomic mass is 9.96. The lowest BCUT2D eigenvalue weighted by Crippen LogP contribution is -2.48. The number of nitro groups is 1. The van der Waals surface area contributed by atoms with E-state index in [2.05, 4.69) is 10.6 Å². The number of halogens is 1. The van der Waals surface area contributed by atoms with Crippen LogP contribution in [0.15, 0.2) is 18.2 Å². The zero-order chi connectivity index (χ0) is 20.0. The molecule has 0 spiro atoms. The first-order valence-corrected chi connectivity index (χ1v) is 8.92. The number of hydrogen-bond donors (Lipinski definition) is 2. The standard InChI is InChI=1S/C17H20ClN3O6/c1-10(15(22)20-17(24)19-12-5-3-2-4-6-12)27-16(23)13-9-11(18)7-8-14(13)21(25)26/h7-10,12H,2-6H2,1H3,(H2,19,20,22,24)/t10-/m0/s1. The average Bonchev–Trinajstić information content (AvgIpc) is 2.61. The van der Waals surface area contributed by atoms with Crippen molar-refractivity contribution >= 4 is 35.2 Å².